The van der Waals surface area contributed by atoms with Crippen molar-refractivity contribution in [1.29, 1.82) is 5.26 Å². The summed E-state index contributed by atoms with van der Waals surface area (Å²) in [6, 6.07) is 15.6. The second-order valence-corrected chi connectivity index (χ2v) is 3.76. The molecule has 0 aliphatic rings. The molecule has 2 aromatic heterocycles. The third kappa shape index (κ3) is 1.56. The van der Waals surface area contributed by atoms with E-state index in [1.807, 2.05) is 53.2 Å². The van der Waals surface area contributed by atoms with Gasteiger partial charge in [0.15, 0.2) is 0 Å². The van der Waals surface area contributed by atoms with Crippen molar-refractivity contribution in [1.82, 2.24) is 9.55 Å². The van der Waals surface area contributed by atoms with Crippen LogP contribution in [-0.2, 0) is 0 Å². The molecule has 0 bridgehead atoms. The van der Waals surface area contributed by atoms with Crippen molar-refractivity contribution < 1.29 is 0 Å². The van der Waals surface area contributed by atoms with E-state index in [-0.39, 0.29) is 0 Å². The first-order valence-electron chi connectivity index (χ1n) is 5.31. The van der Waals surface area contributed by atoms with E-state index in [2.05, 4.69) is 11.1 Å². The molecule has 0 unspecified atom stereocenters. The SMILES string of the molecule is N#Cc1ccc(-n2ccc3cccnc32)cc1. The van der Waals surface area contributed by atoms with Gasteiger partial charge in [0.2, 0.25) is 0 Å². The third-order valence-corrected chi connectivity index (χ3v) is 2.72. The van der Waals surface area contributed by atoms with Gasteiger partial charge < -0.3 is 4.57 Å². The lowest BCUT2D eigenvalue weighted by Gasteiger charge is -2.04. The lowest BCUT2D eigenvalue weighted by atomic mass is 10.2. The molecular formula is C14H9N3. The van der Waals surface area contributed by atoms with E-state index < -0.39 is 0 Å². The molecule has 0 aliphatic carbocycles. The first kappa shape index (κ1) is 9.61. The topological polar surface area (TPSA) is 41.6 Å². The van der Waals surface area contributed by atoms with Crippen LogP contribution < -0.4 is 0 Å². The highest BCUT2D eigenvalue weighted by atomic mass is 15.0. The molecule has 0 spiro atoms. The van der Waals surface area contributed by atoms with Crippen LogP contribution in [0.25, 0.3) is 16.7 Å². The first-order chi connectivity index (χ1) is 8.38. The number of hydrogen-bond acceptors (Lipinski definition) is 2. The summed E-state index contributed by atoms with van der Waals surface area (Å²) in [5, 5.41) is 9.87. The molecule has 3 heteroatoms. The molecule has 3 nitrogen and oxygen atoms in total. The average molecular weight is 219 g/mol. The average Bonchev–Trinajstić information content (AvgIpc) is 2.83. The van der Waals surface area contributed by atoms with Crippen LogP contribution in [0.15, 0.2) is 54.9 Å². The normalized spacial score (nSPS) is 10.3. The Hall–Kier alpha value is -2.60. The summed E-state index contributed by atoms with van der Waals surface area (Å²) >= 11 is 0. The molecule has 17 heavy (non-hydrogen) atoms. The minimum Gasteiger partial charge on any atom is -0.301 e. The van der Waals surface area contributed by atoms with Gasteiger partial charge in [-0.15, -0.1) is 0 Å². The lowest BCUT2D eigenvalue weighted by molar-refractivity contribution is 1.09. The summed E-state index contributed by atoms with van der Waals surface area (Å²) < 4.78 is 2.01. The molecule has 0 aliphatic heterocycles. The van der Waals surface area contributed by atoms with Gasteiger partial charge in [-0.3, -0.25) is 0 Å². The molecule has 0 radical (unpaired) electrons. The van der Waals surface area contributed by atoms with E-state index in [1.165, 1.54) is 0 Å². The van der Waals surface area contributed by atoms with Gasteiger partial charge in [-0.05, 0) is 42.5 Å². The highest BCUT2D eigenvalue weighted by Gasteiger charge is 2.03. The number of hydrogen-bond donors (Lipinski definition) is 0. The zero-order chi connectivity index (χ0) is 11.7. The second kappa shape index (κ2) is 3.76. The summed E-state index contributed by atoms with van der Waals surface area (Å²) in [5.74, 6) is 0. The summed E-state index contributed by atoms with van der Waals surface area (Å²) in [6.45, 7) is 0. The summed E-state index contributed by atoms with van der Waals surface area (Å²) in [5.41, 5.74) is 2.60. The van der Waals surface area contributed by atoms with Gasteiger partial charge >= 0.3 is 0 Å². The van der Waals surface area contributed by atoms with Gasteiger partial charge in [0, 0.05) is 23.5 Å². The molecule has 0 fully saturated rings. The van der Waals surface area contributed by atoms with Crippen LogP contribution in [0.1, 0.15) is 5.56 Å². The van der Waals surface area contributed by atoms with E-state index in [0.29, 0.717) is 5.56 Å². The van der Waals surface area contributed by atoms with Crippen molar-refractivity contribution >= 4 is 11.0 Å². The minimum absolute atomic E-state index is 0.665. The Bertz CT molecular complexity index is 702. The van der Waals surface area contributed by atoms with Crippen LogP contribution in [0.3, 0.4) is 0 Å². The quantitative estimate of drug-likeness (QED) is 0.631. The van der Waals surface area contributed by atoms with Crippen LogP contribution in [0.5, 0.6) is 0 Å². The Balaban J connectivity index is 2.17. The van der Waals surface area contributed by atoms with Gasteiger partial charge in [-0.1, -0.05) is 0 Å². The van der Waals surface area contributed by atoms with E-state index >= 15 is 0 Å². The molecule has 0 saturated heterocycles. The highest BCUT2D eigenvalue weighted by molar-refractivity contribution is 5.77. The minimum atomic E-state index is 0.665. The van der Waals surface area contributed by atoms with Gasteiger partial charge in [-0.2, -0.15) is 5.26 Å². The number of rotatable bonds is 1. The Morgan fingerprint density at radius 2 is 1.88 bits per heavy atom. The Labute approximate surface area is 98.6 Å². The molecule has 0 saturated carbocycles. The van der Waals surface area contributed by atoms with Crippen molar-refractivity contribution in [2.45, 2.75) is 0 Å². The van der Waals surface area contributed by atoms with Crippen molar-refractivity contribution in [3.05, 3.63) is 60.4 Å². The number of aromatic nitrogens is 2. The molecule has 80 valence electrons. The lowest BCUT2D eigenvalue weighted by Crippen LogP contribution is -1.93. The van der Waals surface area contributed by atoms with E-state index in [9.17, 15) is 0 Å². The molecule has 0 N–H and O–H groups in total. The van der Waals surface area contributed by atoms with Crippen LogP contribution in [-0.4, -0.2) is 9.55 Å². The van der Waals surface area contributed by atoms with Crippen LogP contribution in [0.4, 0.5) is 0 Å². The van der Waals surface area contributed by atoms with Crippen molar-refractivity contribution in [3.63, 3.8) is 0 Å². The van der Waals surface area contributed by atoms with Crippen molar-refractivity contribution in [2.24, 2.45) is 0 Å². The standard InChI is InChI=1S/C14H9N3/c15-10-11-3-5-13(6-4-11)17-9-7-12-2-1-8-16-14(12)17/h1-9H. The molecule has 1 aromatic carbocycles. The summed E-state index contributed by atoms with van der Waals surface area (Å²) in [6.07, 6.45) is 3.77. The predicted octanol–water partition coefficient (Wildman–Crippen LogP) is 2.90. The number of nitrogens with zero attached hydrogens (tertiary/aromatic N) is 3. The zero-order valence-electron chi connectivity index (χ0n) is 9.04. The number of benzene rings is 1. The van der Waals surface area contributed by atoms with Gasteiger partial charge in [-0.25, -0.2) is 4.98 Å². The summed E-state index contributed by atoms with van der Waals surface area (Å²) in [4.78, 5) is 4.36. The predicted molar refractivity (Wildman–Crippen MR) is 65.8 cm³/mol. The van der Waals surface area contributed by atoms with Crippen LogP contribution in [0.2, 0.25) is 0 Å². The van der Waals surface area contributed by atoms with Crippen LogP contribution >= 0.6 is 0 Å². The molecule has 0 atom stereocenters. The fourth-order valence-electron chi connectivity index (χ4n) is 1.87. The van der Waals surface area contributed by atoms with Crippen molar-refractivity contribution in [3.8, 4) is 11.8 Å². The first-order valence-corrected chi connectivity index (χ1v) is 5.31. The molecular weight excluding hydrogens is 210 g/mol. The monoisotopic (exact) mass is 219 g/mol. The maximum absolute atomic E-state index is 8.76. The number of nitriles is 1. The second-order valence-electron chi connectivity index (χ2n) is 3.76. The van der Waals surface area contributed by atoms with Gasteiger partial charge in [0.25, 0.3) is 0 Å². The van der Waals surface area contributed by atoms with Gasteiger partial charge in [0.1, 0.15) is 5.65 Å². The highest BCUT2D eigenvalue weighted by Crippen LogP contribution is 2.18. The maximum Gasteiger partial charge on any atom is 0.144 e. The Kier molecular flexibility index (Phi) is 2.13. The maximum atomic E-state index is 8.76. The summed E-state index contributed by atoms with van der Waals surface area (Å²) in [7, 11) is 0. The zero-order valence-corrected chi connectivity index (χ0v) is 9.04. The Morgan fingerprint density at radius 3 is 2.65 bits per heavy atom. The molecule has 2 heterocycles. The van der Waals surface area contributed by atoms with E-state index in [0.717, 1.165) is 16.7 Å². The number of fused-ring (bicyclic) bond motifs is 1. The fraction of sp³-hybridized carbons (Fsp3) is 0. The smallest absolute Gasteiger partial charge is 0.144 e. The molecule has 3 aromatic rings. The molecule has 0 amide bonds. The van der Waals surface area contributed by atoms with Crippen LogP contribution in [0, 0.1) is 11.3 Å². The largest absolute Gasteiger partial charge is 0.301 e. The van der Waals surface area contributed by atoms with E-state index in [4.69, 9.17) is 5.26 Å². The Morgan fingerprint density at radius 1 is 1.06 bits per heavy atom. The fourth-order valence-corrected chi connectivity index (χ4v) is 1.87. The van der Waals surface area contributed by atoms with E-state index in [1.54, 1.807) is 6.20 Å². The van der Waals surface area contributed by atoms with Gasteiger partial charge in [0.05, 0.1) is 11.6 Å². The number of pyridine rings is 1. The third-order valence-electron chi connectivity index (χ3n) is 2.72. The molecule has 3 rings (SSSR count). The van der Waals surface area contributed by atoms with Crippen molar-refractivity contribution in [2.75, 3.05) is 0 Å².